The molecule has 0 saturated carbocycles. The van der Waals surface area contributed by atoms with Crippen LogP contribution in [-0.4, -0.2) is 60.3 Å². The number of nitrogens with one attached hydrogen (secondary N) is 1. The normalized spacial score (nSPS) is 23.5. The third-order valence-corrected chi connectivity index (χ3v) is 6.13. The molecule has 3 rings (SSSR count). The summed E-state index contributed by atoms with van der Waals surface area (Å²) in [5.41, 5.74) is 10.7. The summed E-state index contributed by atoms with van der Waals surface area (Å²) < 4.78 is 53.7. The maximum Gasteiger partial charge on any atom is 0.416 e. The van der Waals surface area contributed by atoms with Crippen molar-refractivity contribution in [3.63, 3.8) is 0 Å². The highest BCUT2D eigenvalue weighted by molar-refractivity contribution is 6.31. The number of likely N-dealkylation sites (tertiary alicyclic amines) is 2. The Labute approximate surface area is 194 Å². The monoisotopic (exact) mass is 490 g/mol. The first-order chi connectivity index (χ1) is 15.5. The van der Waals surface area contributed by atoms with Crippen LogP contribution in [0.5, 0.6) is 0 Å². The first-order valence-corrected chi connectivity index (χ1v) is 11.0. The van der Waals surface area contributed by atoms with Crippen LogP contribution in [0.1, 0.15) is 31.2 Å². The smallest absolute Gasteiger partial charge is 0.383 e. The summed E-state index contributed by atoms with van der Waals surface area (Å²) in [6.45, 7) is 1.34. The lowest BCUT2D eigenvalue weighted by atomic mass is 9.97. The average Bonchev–Trinajstić information content (AvgIpc) is 2.78. The molecule has 2 saturated heterocycles. The minimum Gasteiger partial charge on any atom is -0.383 e. The van der Waals surface area contributed by atoms with Crippen molar-refractivity contribution in [3.8, 4) is 0 Å². The van der Waals surface area contributed by atoms with E-state index in [1.807, 2.05) is 0 Å². The van der Waals surface area contributed by atoms with Gasteiger partial charge in [-0.1, -0.05) is 11.6 Å². The van der Waals surface area contributed by atoms with Gasteiger partial charge in [0.1, 0.15) is 11.9 Å². The van der Waals surface area contributed by atoms with E-state index >= 15 is 0 Å². The van der Waals surface area contributed by atoms with Gasteiger partial charge in [-0.25, -0.2) is 0 Å². The van der Waals surface area contributed by atoms with Crippen LogP contribution in [0, 0.1) is 0 Å². The number of amides is 1. The van der Waals surface area contributed by atoms with Crippen molar-refractivity contribution in [1.82, 2.24) is 9.80 Å². The van der Waals surface area contributed by atoms with E-state index in [0.717, 1.165) is 12.1 Å². The van der Waals surface area contributed by atoms with Crippen LogP contribution in [0.3, 0.4) is 0 Å². The van der Waals surface area contributed by atoms with Crippen LogP contribution in [-0.2, 0) is 11.0 Å². The number of amidine groups is 1. The number of piperidine rings is 2. The Balaban J connectivity index is 1.74. The second-order valence-corrected chi connectivity index (χ2v) is 8.58. The molecule has 1 unspecified atom stereocenters. The molecule has 0 aliphatic carbocycles. The van der Waals surface area contributed by atoms with E-state index in [-0.39, 0.29) is 34.3 Å². The molecule has 0 radical (unpaired) electrons. The van der Waals surface area contributed by atoms with Gasteiger partial charge in [-0.15, -0.1) is 0 Å². The zero-order valence-electron chi connectivity index (χ0n) is 18.1. The Kier molecular flexibility index (Phi) is 7.61. The molecule has 12 heteroatoms. The predicted octanol–water partition coefficient (Wildman–Crippen LogP) is 3.31. The molecule has 0 bridgehead atoms. The first kappa shape index (κ1) is 24.9. The summed E-state index contributed by atoms with van der Waals surface area (Å²) in [5, 5.41) is 2.84. The Morgan fingerprint density at radius 1 is 1.18 bits per heavy atom. The number of hydrogen-bond acceptors (Lipinski definition) is 5. The van der Waals surface area contributed by atoms with Crippen molar-refractivity contribution >= 4 is 29.0 Å². The van der Waals surface area contributed by atoms with Crippen LogP contribution in [0.15, 0.2) is 34.8 Å². The summed E-state index contributed by atoms with van der Waals surface area (Å²) in [6.07, 6.45) is -2.02. The van der Waals surface area contributed by atoms with Crippen molar-refractivity contribution in [2.75, 3.05) is 32.0 Å². The van der Waals surface area contributed by atoms with Crippen LogP contribution >= 0.6 is 11.6 Å². The highest BCUT2D eigenvalue weighted by atomic mass is 35.5. The minimum absolute atomic E-state index is 0.0745. The summed E-state index contributed by atoms with van der Waals surface area (Å²) in [7, 11) is 1.36. The number of rotatable bonds is 5. The third-order valence-electron chi connectivity index (χ3n) is 5.91. The molecule has 0 spiro atoms. The van der Waals surface area contributed by atoms with Crippen LogP contribution in [0.25, 0.3) is 0 Å². The Morgan fingerprint density at radius 3 is 2.55 bits per heavy atom. The van der Waals surface area contributed by atoms with Gasteiger partial charge in [0, 0.05) is 43.4 Å². The molecule has 7 nitrogen and oxygen atoms in total. The van der Waals surface area contributed by atoms with Crippen molar-refractivity contribution in [1.29, 1.82) is 0 Å². The summed E-state index contributed by atoms with van der Waals surface area (Å²) in [6, 6.07) is 2.23. The Morgan fingerprint density at radius 2 is 1.88 bits per heavy atom. The topological polar surface area (TPSA) is 100.0 Å². The van der Waals surface area contributed by atoms with Crippen molar-refractivity contribution in [3.05, 3.63) is 40.4 Å². The van der Waals surface area contributed by atoms with E-state index in [1.54, 1.807) is 9.80 Å². The molecule has 2 aliphatic rings. The maximum absolute atomic E-state index is 14.4. The molecule has 33 heavy (non-hydrogen) atoms. The summed E-state index contributed by atoms with van der Waals surface area (Å²) in [4.78, 5) is 20.1. The van der Waals surface area contributed by atoms with Crippen molar-refractivity contribution in [2.24, 2.45) is 16.5 Å². The van der Waals surface area contributed by atoms with E-state index in [1.165, 1.54) is 13.1 Å². The fourth-order valence-corrected chi connectivity index (χ4v) is 4.47. The molecule has 2 aliphatic heterocycles. The first-order valence-electron chi connectivity index (χ1n) is 10.6. The quantitative estimate of drug-likeness (QED) is 0.334. The third kappa shape index (κ3) is 5.82. The lowest BCUT2D eigenvalue weighted by Gasteiger charge is -2.43. The van der Waals surface area contributed by atoms with Gasteiger partial charge in [0.2, 0.25) is 11.7 Å². The number of nitrogens with zero attached hydrogens (tertiary/aromatic N) is 3. The Bertz CT molecular complexity index is 951. The standard InChI is InChI=1S/C21H27ClF4N6O/c1-29-18(27)17(23)19(28)31-6-2-4-15(11-31)32-7-3-5-16(20(32)33)30-14-9-12(21(24,25)26)8-13(22)10-14/h8-10,15-16,30H,2-7,11,28H2,1H3,(H2,27,29)/t15-,16?/m1/s1. The molecule has 182 valence electrons. The molecular formula is C21H27ClF4N6O. The average molecular weight is 491 g/mol. The molecule has 0 aromatic heterocycles. The lowest BCUT2D eigenvalue weighted by molar-refractivity contribution is -0.138. The van der Waals surface area contributed by atoms with Crippen molar-refractivity contribution in [2.45, 2.75) is 43.9 Å². The molecule has 1 amide bonds. The fourth-order valence-electron chi connectivity index (χ4n) is 4.23. The number of carbonyl (C=O) groups is 1. The molecule has 1 aromatic carbocycles. The molecule has 5 N–H and O–H groups in total. The number of aliphatic imine (C=N–C) groups is 1. The lowest BCUT2D eigenvalue weighted by Crippen LogP contribution is -2.56. The molecule has 2 heterocycles. The largest absolute Gasteiger partial charge is 0.416 e. The van der Waals surface area contributed by atoms with E-state index in [0.29, 0.717) is 45.3 Å². The predicted molar refractivity (Wildman–Crippen MR) is 119 cm³/mol. The van der Waals surface area contributed by atoms with E-state index in [4.69, 9.17) is 23.1 Å². The molecule has 2 fully saturated rings. The second kappa shape index (κ2) is 10.1. The second-order valence-electron chi connectivity index (χ2n) is 8.15. The zero-order chi connectivity index (χ0) is 24.3. The number of halogens is 5. The SMILES string of the molecule is CN=C(N)C(F)=C(N)N1CCC[C@@H](N2CCCC(Nc3cc(Cl)cc(C(F)(F)F)c3)C2=O)C1. The van der Waals surface area contributed by atoms with Crippen LogP contribution in [0.2, 0.25) is 5.02 Å². The summed E-state index contributed by atoms with van der Waals surface area (Å²) >= 11 is 5.86. The molecule has 1 aromatic rings. The highest BCUT2D eigenvalue weighted by Crippen LogP contribution is 2.34. The van der Waals surface area contributed by atoms with Gasteiger partial charge in [-0.2, -0.15) is 17.6 Å². The summed E-state index contributed by atoms with van der Waals surface area (Å²) in [5.74, 6) is -1.45. The number of carbonyl (C=O) groups excluding carboxylic acids is 1. The Hall–Kier alpha value is -2.69. The van der Waals surface area contributed by atoms with Gasteiger partial charge in [0.25, 0.3) is 0 Å². The van der Waals surface area contributed by atoms with Gasteiger partial charge in [-0.05, 0) is 43.9 Å². The maximum atomic E-state index is 14.4. The highest BCUT2D eigenvalue weighted by Gasteiger charge is 2.36. The van der Waals surface area contributed by atoms with Gasteiger partial charge in [-0.3, -0.25) is 9.79 Å². The van der Waals surface area contributed by atoms with Crippen LogP contribution < -0.4 is 16.8 Å². The number of nitrogens with two attached hydrogens (primary N) is 2. The minimum atomic E-state index is -4.55. The number of alkyl halides is 3. The fraction of sp³-hybridized carbons (Fsp3) is 0.524. The zero-order valence-corrected chi connectivity index (χ0v) is 18.9. The van der Waals surface area contributed by atoms with Gasteiger partial charge < -0.3 is 26.6 Å². The van der Waals surface area contributed by atoms with Gasteiger partial charge in [0.05, 0.1) is 5.56 Å². The van der Waals surface area contributed by atoms with E-state index in [9.17, 15) is 22.4 Å². The van der Waals surface area contributed by atoms with Crippen LogP contribution in [0.4, 0.5) is 23.2 Å². The van der Waals surface area contributed by atoms with Gasteiger partial charge in [0.15, 0.2) is 5.84 Å². The number of benzene rings is 1. The van der Waals surface area contributed by atoms with Gasteiger partial charge >= 0.3 is 6.18 Å². The molecule has 2 atom stereocenters. The van der Waals surface area contributed by atoms with E-state index in [2.05, 4.69) is 10.3 Å². The van der Waals surface area contributed by atoms with Crippen molar-refractivity contribution < 1.29 is 22.4 Å². The molecular weight excluding hydrogens is 464 g/mol. The number of anilines is 1. The van der Waals surface area contributed by atoms with E-state index < -0.39 is 23.6 Å². The number of hydrogen-bond donors (Lipinski definition) is 3.